The third-order valence-corrected chi connectivity index (χ3v) is 6.17. The van der Waals surface area contributed by atoms with Crippen LogP contribution in [0.1, 0.15) is 17.2 Å². The molecule has 0 bridgehead atoms. The van der Waals surface area contributed by atoms with Crippen LogP contribution in [0, 0.1) is 6.92 Å². The molecule has 6 rings (SSSR count). The Labute approximate surface area is 197 Å². The molecule has 0 aliphatic heterocycles. The fourth-order valence-electron chi connectivity index (χ4n) is 4.47. The molecule has 0 aliphatic rings. The van der Waals surface area contributed by atoms with Gasteiger partial charge >= 0.3 is 0 Å². The highest BCUT2D eigenvalue weighted by molar-refractivity contribution is 5.92. The molecule has 3 aromatic heterocycles. The Hall–Kier alpha value is -4.26. The van der Waals surface area contributed by atoms with Crippen molar-refractivity contribution < 1.29 is 0 Å². The first kappa shape index (κ1) is 20.4. The summed E-state index contributed by atoms with van der Waals surface area (Å²) in [6.07, 6.45) is 1.62. The Morgan fingerprint density at radius 1 is 0.765 bits per heavy atom. The monoisotopic (exact) mass is 447 g/mol. The van der Waals surface area contributed by atoms with Gasteiger partial charge in [0.15, 0.2) is 11.5 Å². The van der Waals surface area contributed by atoms with Crippen molar-refractivity contribution in [2.45, 2.75) is 26.3 Å². The van der Waals surface area contributed by atoms with E-state index in [1.54, 1.807) is 0 Å². The summed E-state index contributed by atoms with van der Waals surface area (Å²) in [6, 6.07) is 26.8. The number of nitrogens with zero attached hydrogens (tertiary/aromatic N) is 6. The highest BCUT2D eigenvalue weighted by Crippen LogP contribution is 2.21. The lowest BCUT2D eigenvalue weighted by Crippen LogP contribution is -2.11. The van der Waals surface area contributed by atoms with Crippen molar-refractivity contribution in [2.24, 2.45) is 0 Å². The lowest BCUT2D eigenvalue weighted by atomic mass is 10.1. The molecule has 0 saturated heterocycles. The minimum atomic E-state index is 0.709. The van der Waals surface area contributed by atoms with Gasteiger partial charge < -0.3 is 9.88 Å². The minimum absolute atomic E-state index is 0.709. The second-order valence-electron chi connectivity index (χ2n) is 8.43. The highest BCUT2D eigenvalue weighted by atomic mass is 15.4. The smallest absolute Gasteiger partial charge is 0.226 e. The number of hydrogen-bond acceptors (Lipinski definition) is 5. The highest BCUT2D eigenvalue weighted by Gasteiger charge is 2.14. The van der Waals surface area contributed by atoms with E-state index in [1.807, 2.05) is 53.9 Å². The summed E-state index contributed by atoms with van der Waals surface area (Å²) in [5.41, 5.74) is 5.18. The summed E-state index contributed by atoms with van der Waals surface area (Å²) in [7, 11) is 0. The molecule has 1 N–H and O–H groups in total. The molecule has 0 radical (unpaired) electrons. The van der Waals surface area contributed by atoms with Gasteiger partial charge in [0, 0.05) is 24.9 Å². The first-order valence-corrected chi connectivity index (χ1v) is 11.6. The molecule has 0 atom stereocenters. The summed E-state index contributed by atoms with van der Waals surface area (Å²) in [4.78, 5) is 14.4. The average molecular weight is 448 g/mol. The number of benzene rings is 3. The third kappa shape index (κ3) is 3.75. The summed E-state index contributed by atoms with van der Waals surface area (Å²) in [5.74, 6) is 2.51. The SMILES string of the molecule is Cc1nc2ccccc2n1CCc1nc2c3ccccc3nc(NCCc3ccccc3)n2n1. The summed E-state index contributed by atoms with van der Waals surface area (Å²) >= 11 is 0. The number of anilines is 1. The Morgan fingerprint density at radius 2 is 1.53 bits per heavy atom. The Kier molecular flexibility index (Phi) is 5.14. The van der Waals surface area contributed by atoms with E-state index in [0.29, 0.717) is 12.4 Å². The molecular weight excluding hydrogens is 422 g/mol. The van der Waals surface area contributed by atoms with E-state index in [9.17, 15) is 0 Å². The van der Waals surface area contributed by atoms with Crippen molar-refractivity contribution >= 4 is 33.5 Å². The van der Waals surface area contributed by atoms with E-state index < -0.39 is 0 Å². The zero-order valence-electron chi connectivity index (χ0n) is 19.0. The van der Waals surface area contributed by atoms with E-state index in [1.165, 1.54) is 5.56 Å². The van der Waals surface area contributed by atoms with E-state index in [0.717, 1.165) is 58.7 Å². The van der Waals surface area contributed by atoms with Gasteiger partial charge in [0.25, 0.3) is 0 Å². The molecule has 0 unspecified atom stereocenters. The molecule has 0 amide bonds. The van der Waals surface area contributed by atoms with Crippen LogP contribution in [0.15, 0.2) is 78.9 Å². The van der Waals surface area contributed by atoms with Gasteiger partial charge in [0.2, 0.25) is 5.95 Å². The summed E-state index contributed by atoms with van der Waals surface area (Å²) < 4.78 is 4.08. The first-order valence-electron chi connectivity index (χ1n) is 11.6. The number of hydrogen-bond donors (Lipinski definition) is 1. The Bertz CT molecular complexity index is 1600. The number of rotatable bonds is 7. The first-order chi connectivity index (χ1) is 16.8. The maximum Gasteiger partial charge on any atom is 0.226 e. The van der Waals surface area contributed by atoms with Gasteiger partial charge in [-0.15, -0.1) is 5.10 Å². The zero-order valence-corrected chi connectivity index (χ0v) is 19.0. The lowest BCUT2D eigenvalue weighted by Gasteiger charge is -2.09. The summed E-state index contributed by atoms with van der Waals surface area (Å²) in [6.45, 7) is 3.58. The minimum Gasteiger partial charge on any atom is -0.354 e. The maximum absolute atomic E-state index is 4.92. The number of para-hydroxylation sites is 3. The molecule has 3 aromatic carbocycles. The van der Waals surface area contributed by atoms with Crippen LogP contribution < -0.4 is 5.32 Å². The normalized spacial score (nSPS) is 11.6. The second-order valence-corrected chi connectivity index (χ2v) is 8.43. The Morgan fingerprint density at radius 3 is 2.41 bits per heavy atom. The van der Waals surface area contributed by atoms with E-state index >= 15 is 0 Å². The summed E-state index contributed by atoms with van der Waals surface area (Å²) in [5, 5.41) is 9.32. The molecule has 6 aromatic rings. The second kappa shape index (κ2) is 8.59. The molecule has 0 aliphatic carbocycles. The Balaban J connectivity index is 1.31. The van der Waals surface area contributed by atoms with E-state index in [4.69, 9.17) is 15.1 Å². The molecule has 0 spiro atoms. The fraction of sp³-hybridized carbons (Fsp3) is 0.185. The van der Waals surface area contributed by atoms with Crippen LogP contribution in [-0.2, 0) is 19.4 Å². The van der Waals surface area contributed by atoms with Crippen molar-refractivity contribution in [3.8, 4) is 0 Å². The van der Waals surface area contributed by atoms with Gasteiger partial charge in [0.1, 0.15) is 5.82 Å². The quantitative estimate of drug-likeness (QED) is 0.379. The molecule has 168 valence electrons. The van der Waals surface area contributed by atoms with Crippen molar-refractivity contribution in [1.29, 1.82) is 0 Å². The molecule has 7 heteroatoms. The largest absolute Gasteiger partial charge is 0.354 e. The van der Waals surface area contributed by atoms with Crippen LogP contribution in [0.5, 0.6) is 0 Å². The van der Waals surface area contributed by atoms with Crippen LogP contribution in [0.2, 0.25) is 0 Å². The molecule has 3 heterocycles. The number of fused-ring (bicyclic) bond motifs is 4. The molecule has 7 nitrogen and oxygen atoms in total. The number of imidazole rings is 1. The van der Waals surface area contributed by atoms with Crippen LogP contribution in [0.4, 0.5) is 5.95 Å². The molecule has 34 heavy (non-hydrogen) atoms. The van der Waals surface area contributed by atoms with Gasteiger partial charge in [-0.3, -0.25) is 0 Å². The van der Waals surface area contributed by atoms with E-state index in [-0.39, 0.29) is 0 Å². The van der Waals surface area contributed by atoms with Crippen molar-refractivity contribution in [2.75, 3.05) is 11.9 Å². The van der Waals surface area contributed by atoms with Crippen molar-refractivity contribution in [3.63, 3.8) is 0 Å². The fourth-order valence-corrected chi connectivity index (χ4v) is 4.47. The predicted octanol–water partition coefficient (Wildman–Crippen LogP) is 4.83. The van der Waals surface area contributed by atoms with Crippen LogP contribution in [0.3, 0.4) is 0 Å². The van der Waals surface area contributed by atoms with Crippen molar-refractivity contribution in [1.82, 2.24) is 29.1 Å². The number of aryl methyl sites for hydroxylation is 3. The standard InChI is InChI=1S/C27H25N7/c1-19-29-23-13-7-8-14-24(23)33(19)18-16-25-31-26-21-11-5-6-12-22(21)30-27(34(26)32-25)28-17-15-20-9-3-2-4-10-20/h2-14H,15-18H2,1H3,(H,28,30). The lowest BCUT2D eigenvalue weighted by molar-refractivity contribution is 0.667. The topological polar surface area (TPSA) is 72.9 Å². The number of aromatic nitrogens is 6. The van der Waals surface area contributed by atoms with Crippen LogP contribution in [-0.4, -0.2) is 35.7 Å². The van der Waals surface area contributed by atoms with Crippen LogP contribution >= 0.6 is 0 Å². The van der Waals surface area contributed by atoms with Gasteiger partial charge in [-0.05, 0) is 43.2 Å². The molecular formula is C27H25N7. The molecule has 0 saturated carbocycles. The van der Waals surface area contributed by atoms with Crippen LogP contribution in [0.25, 0.3) is 27.6 Å². The van der Waals surface area contributed by atoms with E-state index in [2.05, 4.69) is 51.3 Å². The van der Waals surface area contributed by atoms with Gasteiger partial charge in [-0.25, -0.2) is 15.0 Å². The van der Waals surface area contributed by atoms with Gasteiger partial charge in [-0.2, -0.15) is 4.52 Å². The molecule has 0 fully saturated rings. The third-order valence-electron chi connectivity index (χ3n) is 6.17. The van der Waals surface area contributed by atoms with Crippen molar-refractivity contribution in [3.05, 3.63) is 96.1 Å². The van der Waals surface area contributed by atoms with Gasteiger partial charge in [0.05, 0.1) is 16.6 Å². The maximum atomic E-state index is 4.92. The number of nitrogens with one attached hydrogen (secondary N) is 1. The predicted molar refractivity (Wildman–Crippen MR) is 135 cm³/mol. The van der Waals surface area contributed by atoms with Gasteiger partial charge in [-0.1, -0.05) is 54.6 Å². The zero-order chi connectivity index (χ0) is 22.9. The average Bonchev–Trinajstić information content (AvgIpc) is 3.44.